The average Bonchev–Trinajstić information content (AvgIpc) is 2.72. The zero-order valence-electron chi connectivity index (χ0n) is 20.6. The summed E-state index contributed by atoms with van der Waals surface area (Å²) in [5.41, 5.74) is 2.61. The van der Waals surface area contributed by atoms with Crippen LogP contribution in [0.1, 0.15) is 43.9 Å². The minimum atomic E-state index is -3.79. The van der Waals surface area contributed by atoms with Crippen LogP contribution in [0.2, 0.25) is 5.02 Å². The number of hydrogen-bond donors (Lipinski definition) is 1. The molecule has 0 aliphatic heterocycles. The van der Waals surface area contributed by atoms with Gasteiger partial charge in [0.2, 0.25) is 21.8 Å². The van der Waals surface area contributed by atoms with Crippen LogP contribution in [0.3, 0.4) is 0 Å². The maximum absolute atomic E-state index is 13.7. The number of benzene rings is 2. The van der Waals surface area contributed by atoms with Crippen molar-refractivity contribution >= 4 is 39.1 Å². The van der Waals surface area contributed by atoms with Crippen LogP contribution in [0.25, 0.3) is 0 Å². The highest BCUT2D eigenvalue weighted by molar-refractivity contribution is 7.92. The molecule has 0 aromatic heterocycles. The predicted octanol–water partition coefficient (Wildman–Crippen LogP) is 4.05. The quantitative estimate of drug-likeness (QED) is 0.525. The number of carbonyl (C=O) groups is 2. The van der Waals surface area contributed by atoms with Crippen molar-refractivity contribution in [3.05, 3.63) is 64.2 Å². The molecule has 0 heterocycles. The molecule has 2 rings (SSSR count). The molecule has 0 radical (unpaired) electrons. The van der Waals surface area contributed by atoms with E-state index in [2.05, 4.69) is 5.32 Å². The van der Waals surface area contributed by atoms with Gasteiger partial charge in [-0.25, -0.2) is 8.42 Å². The van der Waals surface area contributed by atoms with E-state index in [1.54, 1.807) is 50.2 Å². The Bertz CT molecular complexity index is 1110. The Hall–Kier alpha value is -2.58. The number of hydrogen-bond acceptors (Lipinski definition) is 4. The molecule has 9 heteroatoms. The second-order valence-electron chi connectivity index (χ2n) is 8.71. The molecular formula is C25H34ClN3O4S. The molecule has 0 aliphatic carbocycles. The second-order valence-corrected chi connectivity index (χ2v) is 11.0. The number of sulfonamides is 1. The summed E-state index contributed by atoms with van der Waals surface area (Å²) in [5, 5.41) is 3.33. The lowest BCUT2D eigenvalue weighted by atomic mass is 10.1. The van der Waals surface area contributed by atoms with Gasteiger partial charge in [0.1, 0.15) is 12.6 Å². The summed E-state index contributed by atoms with van der Waals surface area (Å²) in [6, 6.07) is 11.6. The van der Waals surface area contributed by atoms with Crippen molar-refractivity contribution in [2.24, 2.45) is 0 Å². The van der Waals surface area contributed by atoms with Crippen LogP contribution in [0.4, 0.5) is 5.69 Å². The number of carbonyl (C=O) groups excluding carboxylic acids is 2. The molecule has 0 saturated carbocycles. The molecule has 34 heavy (non-hydrogen) atoms. The summed E-state index contributed by atoms with van der Waals surface area (Å²) in [4.78, 5) is 28.1. The lowest BCUT2D eigenvalue weighted by Crippen LogP contribution is -2.53. The van der Waals surface area contributed by atoms with E-state index in [9.17, 15) is 18.0 Å². The smallest absolute Gasteiger partial charge is 0.244 e. The summed E-state index contributed by atoms with van der Waals surface area (Å²) in [6.07, 6.45) is 1.43. The molecule has 0 saturated heterocycles. The van der Waals surface area contributed by atoms with Gasteiger partial charge in [-0.05, 0) is 56.9 Å². The highest BCUT2D eigenvalue weighted by Gasteiger charge is 2.33. The number of amides is 2. The molecule has 1 N–H and O–H groups in total. The van der Waals surface area contributed by atoms with E-state index in [4.69, 9.17) is 11.6 Å². The first-order valence-corrected chi connectivity index (χ1v) is 13.5. The Morgan fingerprint density at radius 1 is 1.03 bits per heavy atom. The first-order chi connectivity index (χ1) is 15.9. The molecule has 7 nitrogen and oxygen atoms in total. The Kier molecular flexibility index (Phi) is 9.53. The maximum atomic E-state index is 13.7. The first-order valence-electron chi connectivity index (χ1n) is 11.2. The summed E-state index contributed by atoms with van der Waals surface area (Å²) >= 11 is 6.36. The van der Waals surface area contributed by atoms with Gasteiger partial charge >= 0.3 is 0 Å². The Morgan fingerprint density at radius 3 is 2.12 bits per heavy atom. The van der Waals surface area contributed by atoms with Crippen molar-refractivity contribution < 1.29 is 18.0 Å². The number of rotatable bonds is 10. The van der Waals surface area contributed by atoms with Crippen molar-refractivity contribution in [1.29, 1.82) is 0 Å². The van der Waals surface area contributed by atoms with Gasteiger partial charge in [-0.3, -0.25) is 13.9 Å². The largest absolute Gasteiger partial charge is 0.352 e. The summed E-state index contributed by atoms with van der Waals surface area (Å²) in [5.74, 6) is -0.783. The van der Waals surface area contributed by atoms with Crippen molar-refractivity contribution in [1.82, 2.24) is 10.2 Å². The number of nitrogens with one attached hydrogen (secondary N) is 1. The van der Waals surface area contributed by atoms with Crippen molar-refractivity contribution in [3.63, 3.8) is 0 Å². The first kappa shape index (κ1) is 27.7. The van der Waals surface area contributed by atoms with E-state index in [-0.39, 0.29) is 18.5 Å². The number of halogens is 1. The van der Waals surface area contributed by atoms with E-state index in [0.29, 0.717) is 22.7 Å². The molecule has 0 spiro atoms. The zero-order valence-corrected chi connectivity index (χ0v) is 22.2. The summed E-state index contributed by atoms with van der Waals surface area (Å²) < 4.78 is 26.7. The topological polar surface area (TPSA) is 86.8 Å². The normalized spacial score (nSPS) is 12.4. The third-order valence-electron chi connectivity index (χ3n) is 5.48. The number of para-hydroxylation sites is 1. The van der Waals surface area contributed by atoms with E-state index >= 15 is 0 Å². The van der Waals surface area contributed by atoms with E-state index in [1.807, 2.05) is 26.8 Å². The van der Waals surface area contributed by atoms with Gasteiger partial charge in [-0.2, -0.15) is 0 Å². The molecule has 2 amide bonds. The van der Waals surface area contributed by atoms with Crippen LogP contribution >= 0.6 is 11.6 Å². The minimum absolute atomic E-state index is 0.0763. The molecule has 2 aromatic carbocycles. The molecular weight excluding hydrogens is 474 g/mol. The van der Waals surface area contributed by atoms with Crippen LogP contribution in [0.15, 0.2) is 42.5 Å². The van der Waals surface area contributed by atoms with Gasteiger partial charge in [0.05, 0.1) is 11.9 Å². The lowest BCUT2D eigenvalue weighted by molar-refractivity contribution is -0.140. The molecule has 1 atom stereocenters. The Labute approximate surface area is 208 Å². The number of nitrogens with zero attached hydrogens (tertiary/aromatic N) is 2. The molecule has 0 fully saturated rings. The molecule has 186 valence electrons. The fourth-order valence-corrected chi connectivity index (χ4v) is 5.05. The van der Waals surface area contributed by atoms with Crippen molar-refractivity contribution in [3.8, 4) is 0 Å². The Balaban J connectivity index is 2.52. The molecule has 0 bridgehead atoms. The standard InChI is InChI=1S/C25H34ClN3O4S/c1-7-22(25(31)27-17(2)3)28(15-20-13-8-9-14-21(20)26)23(30)16-29(34(6,32)33)24-18(4)11-10-12-19(24)5/h8-14,17,22H,7,15-16H2,1-6H3,(H,27,31)/t22-/m1/s1. The van der Waals surface area contributed by atoms with Crippen LogP contribution < -0.4 is 9.62 Å². The Morgan fingerprint density at radius 2 is 1.62 bits per heavy atom. The second kappa shape index (κ2) is 11.7. The van der Waals surface area contributed by atoms with Gasteiger partial charge in [0.25, 0.3) is 0 Å². The maximum Gasteiger partial charge on any atom is 0.244 e. The van der Waals surface area contributed by atoms with Gasteiger partial charge in [-0.1, -0.05) is 54.9 Å². The zero-order chi connectivity index (χ0) is 25.6. The van der Waals surface area contributed by atoms with Crippen molar-refractivity contribution in [2.45, 2.75) is 59.7 Å². The SMILES string of the molecule is CC[C@H](C(=O)NC(C)C)N(Cc1ccccc1Cl)C(=O)CN(c1c(C)cccc1C)S(C)(=O)=O. The van der Waals surface area contributed by atoms with Gasteiger partial charge < -0.3 is 10.2 Å². The van der Waals surface area contributed by atoms with Crippen LogP contribution in [0, 0.1) is 13.8 Å². The molecule has 0 aliphatic rings. The monoisotopic (exact) mass is 507 g/mol. The van der Waals surface area contributed by atoms with E-state index in [1.165, 1.54) is 4.90 Å². The molecule has 2 aromatic rings. The summed E-state index contributed by atoms with van der Waals surface area (Å²) in [6.45, 7) is 8.76. The average molecular weight is 508 g/mol. The highest BCUT2D eigenvalue weighted by atomic mass is 35.5. The fraction of sp³-hybridized carbons (Fsp3) is 0.440. The van der Waals surface area contributed by atoms with Gasteiger partial charge in [-0.15, -0.1) is 0 Å². The van der Waals surface area contributed by atoms with Crippen LogP contribution in [-0.2, 0) is 26.2 Å². The van der Waals surface area contributed by atoms with E-state index < -0.39 is 28.5 Å². The van der Waals surface area contributed by atoms with Crippen molar-refractivity contribution in [2.75, 3.05) is 17.1 Å². The predicted molar refractivity (Wildman–Crippen MR) is 137 cm³/mol. The highest BCUT2D eigenvalue weighted by Crippen LogP contribution is 2.27. The number of aryl methyl sites for hydroxylation is 2. The minimum Gasteiger partial charge on any atom is -0.352 e. The van der Waals surface area contributed by atoms with Crippen LogP contribution in [-0.4, -0.2) is 50.0 Å². The molecule has 0 unspecified atom stereocenters. The fourth-order valence-electron chi connectivity index (χ4n) is 3.89. The van der Waals surface area contributed by atoms with Gasteiger partial charge in [0, 0.05) is 17.6 Å². The third-order valence-corrected chi connectivity index (χ3v) is 6.96. The van der Waals surface area contributed by atoms with E-state index in [0.717, 1.165) is 21.7 Å². The lowest BCUT2D eigenvalue weighted by Gasteiger charge is -2.34. The summed E-state index contributed by atoms with van der Waals surface area (Å²) in [7, 11) is -3.79. The third kappa shape index (κ3) is 6.96. The number of anilines is 1. The van der Waals surface area contributed by atoms with Gasteiger partial charge in [0.15, 0.2) is 0 Å². The van der Waals surface area contributed by atoms with Crippen LogP contribution in [0.5, 0.6) is 0 Å².